The topological polar surface area (TPSA) is 66.5 Å². The number of carbonyl (C=O) groups excluding carboxylic acids is 3. The third-order valence-corrected chi connectivity index (χ3v) is 4.34. The number of hydrogen-bond donors (Lipinski definition) is 1. The smallest absolute Gasteiger partial charge is 0.224 e. The Morgan fingerprint density at radius 1 is 1.12 bits per heavy atom. The van der Waals surface area contributed by atoms with Crippen LogP contribution >= 0.6 is 0 Å². The van der Waals surface area contributed by atoms with Crippen LogP contribution in [0.3, 0.4) is 0 Å². The zero-order valence-electron chi connectivity index (χ0n) is 13.9. The molecule has 0 aromatic heterocycles. The van der Waals surface area contributed by atoms with Crippen LogP contribution in [0.4, 0.5) is 5.69 Å². The second kappa shape index (κ2) is 7.75. The van der Waals surface area contributed by atoms with Gasteiger partial charge in [-0.3, -0.25) is 14.4 Å². The second-order valence-corrected chi connectivity index (χ2v) is 6.08. The average molecular weight is 336 g/mol. The number of amides is 2. The zero-order chi connectivity index (χ0) is 17.6. The van der Waals surface area contributed by atoms with Crippen LogP contribution < -0.4 is 10.2 Å². The highest BCUT2D eigenvalue weighted by atomic mass is 16.2. The van der Waals surface area contributed by atoms with Gasteiger partial charge in [-0.05, 0) is 35.7 Å². The molecule has 2 aromatic carbocycles. The van der Waals surface area contributed by atoms with Gasteiger partial charge in [-0.25, -0.2) is 0 Å². The fourth-order valence-electron chi connectivity index (χ4n) is 3.01. The molecule has 25 heavy (non-hydrogen) atoms. The van der Waals surface area contributed by atoms with Gasteiger partial charge in [0.25, 0.3) is 0 Å². The molecular formula is C20H20N2O3. The van der Waals surface area contributed by atoms with Crippen LogP contribution in [0.2, 0.25) is 0 Å². The van der Waals surface area contributed by atoms with Crippen molar-refractivity contribution >= 4 is 23.8 Å². The molecule has 2 amide bonds. The highest BCUT2D eigenvalue weighted by Crippen LogP contribution is 2.27. The minimum Gasteiger partial charge on any atom is -0.355 e. The summed E-state index contributed by atoms with van der Waals surface area (Å²) < 4.78 is 0. The van der Waals surface area contributed by atoms with Crippen molar-refractivity contribution in [3.63, 3.8) is 0 Å². The van der Waals surface area contributed by atoms with Gasteiger partial charge in [0, 0.05) is 30.8 Å². The third-order valence-electron chi connectivity index (χ3n) is 4.34. The lowest BCUT2D eigenvalue weighted by Gasteiger charge is -2.10. The van der Waals surface area contributed by atoms with E-state index in [2.05, 4.69) is 5.32 Å². The van der Waals surface area contributed by atoms with Crippen molar-refractivity contribution in [2.24, 2.45) is 0 Å². The van der Waals surface area contributed by atoms with E-state index in [9.17, 15) is 14.4 Å². The maximum Gasteiger partial charge on any atom is 0.224 e. The number of hydrogen-bond acceptors (Lipinski definition) is 3. The van der Waals surface area contributed by atoms with E-state index in [-0.39, 0.29) is 18.1 Å². The van der Waals surface area contributed by atoms with Crippen molar-refractivity contribution < 1.29 is 14.4 Å². The van der Waals surface area contributed by atoms with Crippen LogP contribution in [0.1, 0.15) is 27.9 Å². The molecule has 0 aliphatic carbocycles. The molecule has 1 heterocycles. The van der Waals surface area contributed by atoms with Crippen LogP contribution in [0.25, 0.3) is 0 Å². The molecule has 1 aliphatic heterocycles. The molecule has 1 N–H and O–H groups in total. The van der Waals surface area contributed by atoms with Crippen molar-refractivity contribution in [2.75, 3.05) is 18.0 Å². The molecule has 0 spiro atoms. The van der Waals surface area contributed by atoms with Crippen molar-refractivity contribution in [2.45, 2.75) is 19.3 Å². The Labute approximate surface area is 146 Å². The molecule has 0 unspecified atom stereocenters. The lowest BCUT2D eigenvalue weighted by Crippen LogP contribution is -2.27. The summed E-state index contributed by atoms with van der Waals surface area (Å²) in [6.07, 6.45) is 2.16. The molecule has 1 aliphatic rings. The Hall–Kier alpha value is -2.95. The average Bonchev–Trinajstić information content (AvgIpc) is 3.04. The fraction of sp³-hybridized carbons (Fsp3) is 0.250. The summed E-state index contributed by atoms with van der Waals surface area (Å²) in [5, 5.41) is 2.79. The van der Waals surface area contributed by atoms with Gasteiger partial charge < -0.3 is 10.2 Å². The quantitative estimate of drug-likeness (QED) is 0.622. The number of carbonyl (C=O) groups is 3. The minimum absolute atomic E-state index is 0.00707. The third kappa shape index (κ3) is 4.12. The maximum absolute atomic E-state index is 12.3. The summed E-state index contributed by atoms with van der Waals surface area (Å²) in [7, 11) is 0. The molecule has 0 bridgehead atoms. The Morgan fingerprint density at radius 3 is 2.68 bits per heavy atom. The number of benzene rings is 2. The molecular weight excluding hydrogens is 316 g/mol. The first-order valence-corrected chi connectivity index (χ1v) is 8.36. The van der Waals surface area contributed by atoms with Gasteiger partial charge in [0.05, 0.1) is 6.42 Å². The molecule has 0 radical (unpaired) electrons. The molecule has 5 nitrogen and oxygen atoms in total. The van der Waals surface area contributed by atoms with Crippen molar-refractivity contribution in [3.05, 3.63) is 65.2 Å². The highest BCUT2D eigenvalue weighted by molar-refractivity contribution is 5.97. The van der Waals surface area contributed by atoms with Crippen molar-refractivity contribution in [1.29, 1.82) is 0 Å². The first-order chi connectivity index (χ1) is 12.2. The zero-order valence-corrected chi connectivity index (χ0v) is 13.9. The lowest BCUT2D eigenvalue weighted by molar-refractivity contribution is -0.120. The minimum atomic E-state index is -0.0884. The van der Waals surface area contributed by atoms with Crippen LogP contribution in [-0.4, -0.2) is 31.2 Å². The van der Waals surface area contributed by atoms with Gasteiger partial charge in [-0.15, -0.1) is 0 Å². The standard InChI is InChI=1S/C20H20N2O3/c23-14-22-11-9-16-13-17(6-7-18(16)22)19(24)8-10-21-20(25)12-15-4-2-1-3-5-15/h1-7,13-14H,8-12H2,(H,21,25). The van der Waals surface area contributed by atoms with E-state index in [1.807, 2.05) is 42.5 Å². The number of nitrogens with one attached hydrogen (secondary N) is 1. The van der Waals surface area contributed by atoms with E-state index in [1.165, 1.54) is 0 Å². The summed E-state index contributed by atoms with van der Waals surface area (Å²) in [4.78, 5) is 36.8. The number of anilines is 1. The molecule has 0 saturated carbocycles. The summed E-state index contributed by atoms with van der Waals surface area (Å²) >= 11 is 0. The maximum atomic E-state index is 12.3. The van der Waals surface area contributed by atoms with Gasteiger partial charge in [0.2, 0.25) is 12.3 Å². The molecule has 3 rings (SSSR count). The number of Topliss-reactive ketones (excluding diaryl/α,β-unsaturated/α-hetero) is 1. The molecule has 0 saturated heterocycles. The van der Waals surface area contributed by atoms with Crippen LogP contribution in [0, 0.1) is 0 Å². The molecule has 5 heteroatoms. The highest BCUT2D eigenvalue weighted by Gasteiger charge is 2.19. The summed E-state index contributed by atoms with van der Waals surface area (Å²) in [5.74, 6) is -0.0954. The van der Waals surface area contributed by atoms with Gasteiger partial charge in [0.15, 0.2) is 5.78 Å². The van der Waals surface area contributed by atoms with Crippen molar-refractivity contribution in [1.82, 2.24) is 5.32 Å². The van der Waals surface area contributed by atoms with E-state index in [1.54, 1.807) is 11.0 Å². The Morgan fingerprint density at radius 2 is 1.92 bits per heavy atom. The van der Waals surface area contributed by atoms with Gasteiger partial charge in [-0.2, -0.15) is 0 Å². The molecule has 128 valence electrons. The lowest BCUT2D eigenvalue weighted by atomic mass is 10.0. The van der Waals surface area contributed by atoms with E-state index in [4.69, 9.17) is 0 Å². The number of fused-ring (bicyclic) bond motifs is 1. The fourth-order valence-corrected chi connectivity index (χ4v) is 3.01. The van der Waals surface area contributed by atoms with Gasteiger partial charge in [-0.1, -0.05) is 30.3 Å². The largest absolute Gasteiger partial charge is 0.355 e. The Kier molecular flexibility index (Phi) is 5.23. The SMILES string of the molecule is O=CN1CCc2cc(C(=O)CCNC(=O)Cc3ccccc3)ccc21. The van der Waals surface area contributed by atoms with E-state index in [0.717, 1.165) is 29.6 Å². The normalized spacial score (nSPS) is 12.6. The second-order valence-electron chi connectivity index (χ2n) is 6.08. The number of ketones is 1. The Balaban J connectivity index is 1.50. The summed E-state index contributed by atoms with van der Waals surface area (Å²) in [6.45, 7) is 0.980. The Bertz CT molecular complexity index is 787. The van der Waals surface area contributed by atoms with Crippen LogP contribution in [0.5, 0.6) is 0 Å². The number of nitrogens with zero attached hydrogens (tertiary/aromatic N) is 1. The van der Waals surface area contributed by atoms with Crippen molar-refractivity contribution in [3.8, 4) is 0 Å². The first-order valence-electron chi connectivity index (χ1n) is 8.36. The van der Waals surface area contributed by atoms with Crippen LogP contribution in [0.15, 0.2) is 48.5 Å². The number of rotatable bonds is 7. The van der Waals surface area contributed by atoms with Crippen LogP contribution in [-0.2, 0) is 22.4 Å². The van der Waals surface area contributed by atoms with Gasteiger partial charge in [0.1, 0.15) is 0 Å². The van der Waals surface area contributed by atoms with E-state index >= 15 is 0 Å². The predicted molar refractivity (Wildman–Crippen MR) is 95.7 cm³/mol. The van der Waals surface area contributed by atoms with E-state index < -0.39 is 0 Å². The first kappa shape index (κ1) is 16.9. The predicted octanol–water partition coefficient (Wildman–Crippen LogP) is 2.14. The monoisotopic (exact) mass is 336 g/mol. The molecule has 0 fully saturated rings. The molecule has 0 atom stereocenters. The molecule has 2 aromatic rings. The summed E-state index contributed by atoms with van der Waals surface area (Å²) in [5.41, 5.74) is 3.47. The summed E-state index contributed by atoms with van der Waals surface area (Å²) in [6, 6.07) is 14.9. The van der Waals surface area contributed by atoms with Gasteiger partial charge >= 0.3 is 0 Å². The van der Waals surface area contributed by atoms with E-state index in [0.29, 0.717) is 25.1 Å².